The van der Waals surface area contributed by atoms with Crippen molar-refractivity contribution in [2.75, 3.05) is 19.0 Å². The number of carbonyl (C=O) groups is 2. The van der Waals surface area contributed by atoms with Crippen molar-refractivity contribution in [1.82, 2.24) is 0 Å². The third-order valence-electron chi connectivity index (χ3n) is 3.72. The van der Waals surface area contributed by atoms with E-state index in [1.54, 1.807) is 63.4 Å². The maximum absolute atomic E-state index is 12.4. The Bertz CT molecular complexity index is 788. The molecule has 0 heterocycles. The van der Waals surface area contributed by atoms with Gasteiger partial charge in [0.25, 0.3) is 5.91 Å². The van der Waals surface area contributed by atoms with Crippen molar-refractivity contribution in [3.05, 3.63) is 53.6 Å². The Morgan fingerprint density at radius 2 is 1.85 bits per heavy atom. The van der Waals surface area contributed by atoms with Gasteiger partial charge in [-0.3, -0.25) is 4.79 Å². The Balaban J connectivity index is 2.03. The van der Waals surface area contributed by atoms with E-state index in [0.717, 1.165) is 5.56 Å². The van der Waals surface area contributed by atoms with Gasteiger partial charge in [-0.15, -0.1) is 0 Å². The molecule has 2 aromatic rings. The average Bonchev–Trinajstić information content (AvgIpc) is 2.63. The van der Waals surface area contributed by atoms with E-state index >= 15 is 0 Å². The molecule has 0 saturated heterocycles. The van der Waals surface area contributed by atoms with Crippen LogP contribution in [0.15, 0.2) is 42.5 Å². The number of rotatable bonds is 7. The molecule has 1 amide bonds. The van der Waals surface area contributed by atoms with Crippen LogP contribution in [-0.4, -0.2) is 31.7 Å². The third kappa shape index (κ3) is 4.99. The van der Waals surface area contributed by atoms with Crippen molar-refractivity contribution in [2.45, 2.75) is 26.9 Å². The first-order chi connectivity index (χ1) is 12.4. The molecule has 0 aliphatic rings. The van der Waals surface area contributed by atoms with Crippen molar-refractivity contribution in [2.24, 2.45) is 0 Å². The molecule has 0 spiro atoms. The minimum atomic E-state index is -0.703. The first kappa shape index (κ1) is 19.3. The fourth-order valence-electron chi connectivity index (χ4n) is 2.31. The summed E-state index contributed by atoms with van der Waals surface area (Å²) in [6.07, 6.45) is -0.703. The third-order valence-corrected chi connectivity index (χ3v) is 3.72. The molecule has 26 heavy (non-hydrogen) atoms. The molecule has 2 rings (SSSR count). The number of benzene rings is 2. The molecule has 0 bridgehead atoms. The SMILES string of the molecule is CCOC(=O)c1ccc(NC(=O)C(C)Oc2cccc(OC)c2)c(C)c1. The second-order valence-corrected chi connectivity index (χ2v) is 5.68. The lowest BCUT2D eigenvalue weighted by atomic mass is 10.1. The van der Waals surface area contributed by atoms with E-state index < -0.39 is 6.10 Å². The number of hydrogen-bond donors (Lipinski definition) is 1. The van der Waals surface area contributed by atoms with Gasteiger partial charge in [0, 0.05) is 11.8 Å². The largest absolute Gasteiger partial charge is 0.497 e. The number of methoxy groups -OCH3 is 1. The molecule has 0 aliphatic carbocycles. The highest BCUT2D eigenvalue weighted by Crippen LogP contribution is 2.21. The summed E-state index contributed by atoms with van der Waals surface area (Å²) in [7, 11) is 1.57. The van der Waals surface area contributed by atoms with Crippen molar-refractivity contribution in [3.63, 3.8) is 0 Å². The summed E-state index contributed by atoms with van der Waals surface area (Å²) < 4.78 is 15.8. The number of aryl methyl sites for hydroxylation is 1. The molecule has 1 N–H and O–H groups in total. The highest BCUT2D eigenvalue weighted by atomic mass is 16.5. The molecule has 138 valence electrons. The molecular formula is C20H23NO5. The summed E-state index contributed by atoms with van der Waals surface area (Å²) in [5, 5.41) is 2.81. The zero-order valence-corrected chi connectivity index (χ0v) is 15.4. The van der Waals surface area contributed by atoms with Crippen LogP contribution in [0.3, 0.4) is 0 Å². The highest BCUT2D eigenvalue weighted by Gasteiger charge is 2.17. The van der Waals surface area contributed by atoms with Gasteiger partial charge in [-0.1, -0.05) is 6.07 Å². The summed E-state index contributed by atoms with van der Waals surface area (Å²) >= 11 is 0. The number of ether oxygens (including phenoxy) is 3. The van der Waals surface area contributed by atoms with E-state index in [4.69, 9.17) is 14.2 Å². The van der Waals surface area contributed by atoms with Crippen LogP contribution >= 0.6 is 0 Å². The fraction of sp³-hybridized carbons (Fsp3) is 0.300. The number of anilines is 1. The maximum Gasteiger partial charge on any atom is 0.338 e. The number of esters is 1. The van der Waals surface area contributed by atoms with E-state index in [1.165, 1.54) is 0 Å². The molecule has 0 aliphatic heterocycles. The van der Waals surface area contributed by atoms with Crippen LogP contribution in [0.4, 0.5) is 5.69 Å². The molecule has 0 radical (unpaired) electrons. The molecule has 1 unspecified atom stereocenters. The Labute approximate surface area is 153 Å². The highest BCUT2D eigenvalue weighted by molar-refractivity contribution is 5.96. The first-order valence-corrected chi connectivity index (χ1v) is 8.34. The van der Waals surface area contributed by atoms with E-state index in [1.807, 2.05) is 6.92 Å². The number of carbonyl (C=O) groups excluding carboxylic acids is 2. The number of nitrogens with one attached hydrogen (secondary N) is 1. The van der Waals surface area contributed by atoms with Crippen LogP contribution in [0, 0.1) is 6.92 Å². The summed E-state index contributed by atoms with van der Waals surface area (Å²) in [4.78, 5) is 24.1. The monoisotopic (exact) mass is 357 g/mol. The van der Waals surface area contributed by atoms with Gasteiger partial charge in [0.1, 0.15) is 11.5 Å². The minimum Gasteiger partial charge on any atom is -0.497 e. The second kappa shape index (κ2) is 8.89. The quantitative estimate of drug-likeness (QED) is 0.767. The molecule has 6 heteroatoms. The topological polar surface area (TPSA) is 73.9 Å². The molecule has 0 saturated carbocycles. The first-order valence-electron chi connectivity index (χ1n) is 8.34. The lowest BCUT2D eigenvalue weighted by Gasteiger charge is -2.16. The normalized spacial score (nSPS) is 11.4. The zero-order valence-electron chi connectivity index (χ0n) is 15.4. The predicted molar refractivity (Wildman–Crippen MR) is 98.8 cm³/mol. The molecule has 6 nitrogen and oxygen atoms in total. The van der Waals surface area contributed by atoms with Crippen LogP contribution < -0.4 is 14.8 Å². The predicted octanol–water partition coefficient (Wildman–Crippen LogP) is 3.59. The van der Waals surface area contributed by atoms with Crippen LogP contribution in [0.1, 0.15) is 29.8 Å². The summed E-state index contributed by atoms with van der Waals surface area (Å²) in [6.45, 7) is 5.54. The second-order valence-electron chi connectivity index (χ2n) is 5.68. The van der Waals surface area contributed by atoms with Gasteiger partial charge in [-0.25, -0.2) is 4.79 Å². The van der Waals surface area contributed by atoms with Crippen LogP contribution in [0.5, 0.6) is 11.5 Å². The lowest BCUT2D eigenvalue weighted by molar-refractivity contribution is -0.122. The van der Waals surface area contributed by atoms with Crippen LogP contribution in [0.25, 0.3) is 0 Å². The molecule has 0 aromatic heterocycles. The summed E-state index contributed by atoms with van der Waals surface area (Å²) in [5.41, 5.74) is 1.82. The van der Waals surface area contributed by atoms with Crippen LogP contribution in [0.2, 0.25) is 0 Å². The van der Waals surface area contributed by atoms with Crippen molar-refractivity contribution >= 4 is 17.6 Å². The Hall–Kier alpha value is -3.02. The minimum absolute atomic E-state index is 0.292. The standard InChI is InChI=1S/C20H23NO5/c1-5-25-20(23)15-9-10-18(13(2)11-15)21-19(22)14(3)26-17-8-6-7-16(12-17)24-4/h6-12,14H,5H2,1-4H3,(H,21,22). The van der Waals surface area contributed by atoms with Crippen molar-refractivity contribution in [3.8, 4) is 11.5 Å². The average molecular weight is 357 g/mol. The van der Waals surface area contributed by atoms with E-state index in [-0.39, 0.29) is 11.9 Å². The molecule has 1 atom stereocenters. The number of amides is 1. The van der Waals surface area contributed by atoms with Gasteiger partial charge >= 0.3 is 5.97 Å². The van der Waals surface area contributed by atoms with Gasteiger partial charge < -0.3 is 19.5 Å². The summed E-state index contributed by atoms with van der Waals surface area (Å²) in [6, 6.07) is 12.0. The Morgan fingerprint density at radius 3 is 2.50 bits per heavy atom. The van der Waals surface area contributed by atoms with Crippen molar-refractivity contribution < 1.29 is 23.8 Å². The van der Waals surface area contributed by atoms with Gasteiger partial charge in [-0.2, -0.15) is 0 Å². The van der Waals surface area contributed by atoms with E-state index in [2.05, 4.69) is 5.32 Å². The van der Waals surface area contributed by atoms with E-state index in [9.17, 15) is 9.59 Å². The Morgan fingerprint density at radius 1 is 1.12 bits per heavy atom. The zero-order chi connectivity index (χ0) is 19.1. The van der Waals surface area contributed by atoms with Crippen LogP contribution in [-0.2, 0) is 9.53 Å². The van der Waals surface area contributed by atoms with Gasteiger partial charge in [0.2, 0.25) is 0 Å². The maximum atomic E-state index is 12.4. The van der Waals surface area contributed by atoms with Crippen molar-refractivity contribution in [1.29, 1.82) is 0 Å². The molecular weight excluding hydrogens is 334 g/mol. The molecule has 2 aromatic carbocycles. The van der Waals surface area contributed by atoms with Gasteiger partial charge in [0.15, 0.2) is 6.10 Å². The van der Waals surface area contributed by atoms with Gasteiger partial charge in [-0.05, 0) is 56.7 Å². The smallest absolute Gasteiger partial charge is 0.338 e. The Kier molecular flexibility index (Phi) is 6.60. The molecule has 0 fully saturated rings. The van der Waals surface area contributed by atoms with E-state index in [0.29, 0.717) is 29.4 Å². The fourth-order valence-corrected chi connectivity index (χ4v) is 2.31. The summed E-state index contributed by atoms with van der Waals surface area (Å²) in [5.74, 6) is 0.518. The lowest BCUT2D eigenvalue weighted by Crippen LogP contribution is -2.30. The van der Waals surface area contributed by atoms with Gasteiger partial charge in [0.05, 0.1) is 19.3 Å². The number of hydrogen-bond acceptors (Lipinski definition) is 5.